The van der Waals surface area contributed by atoms with Gasteiger partial charge in [-0.25, -0.2) is 5.43 Å². The maximum Gasteiger partial charge on any atom is 0.241 e. The van der Waals surface area contributed by atoms with E-state index in [1.54, 1.807) is 6.21 Å². The molecular formula is C22H16BrI2N3O. The van der Waals surface area contributed by atoms with Crippen LogP contribution in [0.5, 0.6) is 0 Å². The van der Waals surface area contributed by atoms with Crippen LogP contribution >= 0.6 is 61.1 Å². The van der Waals surface area contributed by atoms with Gasteiger partial charge in [-0.2, -0.15) is 5.10 Å². The summed E-state index contributed by atoms with van der Waals surface area (Å²) in [6, 6.07) is 20.6. The van der Waals surface area contributed by atoms with Crippen molar-refractivity contribution in [1.82, 2.24) is 9.99 Å². The zero-order valence-electron chi connectivity index (χ0n) is 15.2. The largest absolute Gasteiger partial charge is 0.340 e. The minimum Gasteiger partial charge on any atom is -0.340 e. The van der Waals surface area contributed by atoms with Crippen molar-refractivity contribution in [1.29, 1.82) is 0 Å². The number of halogens is 3. The first-order valence-corrected chi connectivity index (χ1v) is 11.9. The average Bonchev–Trinajstić information content (AvgIpc) is 2.98. The first-order valence-electron chi connectivity index (χ1n) is 8.96. The molecule has 0 bridgehead atoms. The van der Waals surface area contributed by atoms with Crippen LogP contribution in [0.25, 0.3) is 21.8 Å². The average molecular weight is 672 g/mol. The van der Waals surface area contributed by atoms with Crippen LogP contribution in [0.1, 0.15) is 12.0 Å². The molecule has 0 unspecified atom stereocenters. The molecule has 1 N–H and O–H groups in total. The van der Waals surface area contributed by atoms with E-state index in [1.807, 2.05) is 24.3 Å². The number of carbonyl (C=O) groups excluding carboxylic acids is 1. The Balaban J connectivity index is 1.52. The third-order valence-corrected chi connectivity index (χ3v) is 6.44. The Kier molecular flexibility index (Phi) is 6.55. The highest BCUT2D eigenvalue weighted by Gasteiger charge is 2.12. The van der Waals surface area contributed by atoms with Crippen molar-refractivity contribution in [3.05, 3.63) is 77.8 Å². The van der Waals surface area contributed by atoms with E-state index in [-0.39, 0.29) is 5.91 Å². The maximum absolute atomic E-state index is 12.3. The van der Waals surface area contributed by atoms with E-state index in [1.165, 1.54) is 17.9 Å². The fraction of sp³-hybridized carbons (Fsp3) is 0.0909. The first-order chi connectivity index (χ1) is 14.0. The van der Waals surface area contributed by atoms with Gasteiger partial charge in [0.15, 0.2) is 0 Å². The van der Waals surface area contributed by atoms with Gasteiger partial charge < -0.3 is 4.57 Å². The van der Waals surface area contributed by atoms with Gasteiger partial charge in [0.25, 0.3) is 0 Å². The van der Waals surface area contributed by atoms with E-state index >= 15 is 0 Å². The summed E-state index contributed by atoms with van der Waals surface area (Å²) in [5.74, 6) is -0.109. The van der Waals surface area contributed by atoms with Crippen molar-refractivity contribution in [2.24, 2.45) is 5.10 Å². The number of hydrogen-bond acceptors (Lipinski definition) is 2. The molecule has 0 aliphatic heterocycles. The number of hydrazone groups is 1. The number of aryl methyl sites for hydroxylation is 1. The third kappa shape index (κ3) is 4.83. The molecule has 0 spiro atoms. The van der Waals surface area contributed by atoms with Gasteiger partial charge in [0.05, 0.1) is 6.21 Å². The van der Waals surface area contributed by atoms with Crippen LogP contribution in [0.2, 0.25) is 0 Å². The van der Waals surface area contributed by atoms with Crippen molar-refractivity contribution in [2.45, 2.75) is 13.0 Å². The minimum atomic E-state index is -0.109. The van der Waals surface area contributed by atoms with Crippen LogP contribution in [0.15, 0.2) is 70.2 Å². The number of carbonyl (C=O) groups is 1. The van der Waals surface area contributed by atoms with Crippen LogP contribution in [0, 0.1) is 7.14 Å². The topological polar surface area (TPSA) is 46.4 Å². The molecule has 1 aromatic heterocycles. The van der Waals surface area contributed by atoms with Gasteiger partial charge in [-0.3, -0.25) is 4.79 Å². The first kappa shape index (κ1) is 20.8. The Bertz CT molecular complexity index is 1190. The molecule has 0 fully saturated rings. The number of aromatic nitrogens is 1. The SMILES string of the molecule is O=C(CCn1c2ccc(I)cc2c2cc(I)ccc21)NN=Cc1cccc(Br)c1. The summed E-state index contributed by atoms with van der Waals surface area (Å²) >= 11 is 8.10. The number of hydrogen-bond donors (Lipinski definition) is 1. The molecule has 3 aromatic carbocycles. The Morgan fingerprint density at radius 1 is 1.00 bits per heavy atom. The number of amides is 1. The molecule has 1 heterocycles. The van der Waals surface area contributed by atoms with Gasteiger partial charge in [0.1, 0.15) is 0 Å². The molecule has 1 amide bonds. The van der Waals surface area contributed by atoms with E-state index in [0.29, 0.717) is 13.0 Å². The summed E-state index contributed by atoms with van der Waals surface area (Å²) in [6.07, 6.45) is 2.00. The molecule has 146 valence electrons. The smallest absolute Gasteiger partial charge is 0.241 e. The van der Waals surface area contributed by atoms with Crippen molar-refractivity contribution in [3.63, 3.8) is 0 Å². The van der Waals surface area contributed by atoms with Gasteiger partial charge in [-0.15, -0.1) is 0 Å². The van der Waals surface area contributed by atoms with Gasteiger partial charge in [-0.1, -0.05) is 28.1 Å². The summed E-state index contributed by atoms with van der Waals surface area (Å²) in [6.45, 7) is 0.597. The third-order valence-electron chi connectivity index (χ3n) is 4.60. The van der Waals surface area contributed by atoms with Crippen molar-refractivity contribution < 1.29 is 4.79 Å². The van der Waals surface area contributed by atoms with Gasteiger partial charge >= 0.3 is 0 Å². The molecule has 0 saturated carbocycles. The number of nitrogens with one attached hydrogen (secondary N) is 1. The molecule has 4 rings (SSSR count). The number of benzene rings is 3. The van der Waals surface area contributed by atoms with Crippen LogP contribution in [-0.4, -0.2) is 16.7 Å². The summed E-state index contributed by atoms with van der Waals surface area (Å²) in [4.78, 5) is 12.3. The summed E-state index contributed by atoms with van der Waals surface area (Å²) in [7, 11) is 0. The lowest BCUT2D eigenvalue weighted by Gasteiger charge is -2.07. The standard InChI is InChI=1S/C22H16BrI2N3O/c23-15-3-1-2-14(10-15)13-26-27-22(29)8-9-28-20-6-4-16(24)11-18(20)19-12-17(25)5-7-21(19)28/h1-7,10-13H,8-9H2,(H,27,29). The Morgan fingerprint density at radius 3 is 2.28 bits per heavy atom. The van der Waals surface area contributed by atoms with Crippen LogP contribution in [0.4, 0.5) is 0 Å². The zero-order valence-corrected chi connectivity index (χ0v) is 21.1. The highest BCUT2D eigenvalue weighted by Crippen LogP contribution is 2.31. The molecule has 7 heteroatoms. The van der Waals surface area contributed by atoms with E-state index in [4.69, 9.17) is 0 Å². The van der Waals surface area contributed by atoms with E-state index in [9.17, 15) is 4.79 Å². The van der Waals surface area contributed by atoms with E-state index in [0.717, 1.165) is 21.1 Å². The predicted molar refractivity (Wildman–Crippen MR) is 139 cm³/mol. The monoisotopic (exact) mass is 671 g/mol. The molecule has 4 aromatic rings. The lowest BCUT2D eigenvalue weighted by Crippen LogP contribution is -2.19. The van der Waals surface area contributed by atoms with Crippen LogP contribution in [0.3, 0.4) is 0 Å². The lowest BCUT2D eigenvalue weighted by molar-refractivity contribution is -0.121. The fourth-order valence-corrected chi connectivity index (χ4v) is 4.72. The number of nitrogens with zero attached hydrogens (tertiary/aromatic N) is 2. The van der Waals surface area contributed by atoms with Crippen LogP contribution < -0.4 is 5.43 Å². The summed E-state index contributed by atoms with van der Waals surface area (Å²) in [5.41, 5.74) is 5.84. The molecule has 0 saturated heterocycles. The molecule has 0 aliphatic carbocycles. The molecule has 29 heavy (non-hydrogen) atoms. The highest BCUT2D eigenvalue weighted by atomic mass is 127. The number of fused-ring (bicyclic) bond motifs is 3. The maximum atomic E-state index is 12.3. The van der Waals surface area contributed by atoms with Gasteiger partial charge in [-0.05, 0) is 99.3 Å². The Hall–Kier alpha value is -1.46. The van der Waals surface area contributed by atoms with E-state index in [2.05, 4.69) is 113 Å². The van der Waals surface area contributed by atoms with Gasteiger partial charge in [0, 0.05) is 46.4 Å². The predicted octanol–water partition coefficient (Wildman–Crippen LogP) is 6.31. The van der Waals surface area contributed by atoms with Crippen molar-refractivity contribution >= 4 is 95.0 Å². The van der Waals surface area contributed by atoms with Crippen molar-refractivity contribution in [3.8, 4) is 0 Å². The quantitative estimate of drug-likeness (QED) is 0.151. The minimum absolute atomic E-state index is 0.109. The molecule has 0 radical (unpaired) electrons. The number of rotatable bonds is 5. The second-order valence-corrected chi connectivity index (χ2v) is 9.98. The molecule has 0 atom stereocenters. The fourth-order valence-electron chi connectivity index (χ4n) is 3.32. The normalized spacial score (nSPS) is 11.6. The summed E-state index contributed by atoms with van der Waals surface area (Å²) in [5, 5.41) is 6.52. The zero-order chi connectivity index (χ0) is 20.4. The van der Waals surface area contributed by atoms with Crippen molar-refractivity contribution in [2.75, 3.05) is 0 Å². The highest BCUT2D eigenvalue weighted by molar-refractivity contribution is 14.1. The second-order valence-electron chi connectivity index (χ2n) is 6.57. The lowest BCUT2D eigenvalue weighted by atomic mass is 10.2. The Morgan fingerprint density at radius 2 is 1.66 bits per heavy atom. The Labute approximate surface area is 204 Å². The van der Waals surface area contributed by atoms with Crippen LogP contribution in [-0.2, 0) is 11.3 Å². The molecule has 4 nitrogen and oxygen atoms in total. The molecular weight excluding hydrogens is 656 g/mol. The molecule has 0 aliphatic rings. The van der Waals surface area contributed by atoms with Gasteiger partial charge in [0.2, 0.25) is 5.91 Å². The second kappa shape index (κ2) is 9.13. The van der Waals surface area contributed by atoms with E-state index < -0.39 is 0 Å². The summed E-state index contributed by atoms with van der Waals surface area (Å²) < 4.78 is 5.60.